The van der Waals surface area contributed by atoms with Crippen molar-refractivity contribution in [3.05, 3.63) is 48.6 Å². The van der Waals surface area contributed by atoms with Gasteiger partial charge in [0, 0.05) is 0 Å². The minimum absolute atomic E-state index is 0.903. The lowest BCUT2D eigenvalue weighted by molar-refractivity contribution is 0.550. The van der Waals surface area contributed by atoms with Crippen molar-refractivity contribution in [2.24, 2.45) is 17.8 Å². The molecule has 0 atom stereocenters. The van der Waals surface area contributed by atoms with Crippen LogP contribution in [0, 0.1) is 17.8 Å². The molecule has 0 N–H and O–H groups in total. The maximum Gasteiger partial charge on any atom is -0.0348 e. The molecular formula is C36H74. The van der Waals surface area contributed by atoms with E-state index >= 15 is 0 Å². The van der Waals surface area contributed by atoms with Crippen molar-refractivity contribution in [2.45, 2.75) is 167 Å². The molecule has 36 heavy (non-hydrogen) atoms. The van der Waals surface area contributed by atoms with Crippen molar-refractivity contribution in [3.8, 4) is 0 Å². The van der Waals surface area contributed by atoms with E-state index in [0.29, 0.717) is 0 Å². The molecule has 1 aromatic rings. The molecule has 0 amide bonds. The molecule has 0 saturated heterocycles. The van der Waals surface area contributed by atoms with Crippen LogP contribution in [0.3, 0.4) is 0 Å². The third-order valence-corrected chi connectivity index (χ3v) is 4.98. The number of rotatable bonds is 9. The average molecular weight is 507 g/mol. The van der Waals surface area contributed by atoms with E-state index in [1.54, 1.807) is 0 Å². The third-order valence-electron chi connectivity index (χ3n) is 4.98. The summed E-state index contributed by atoms with van der Waals surface area (Å²) in [5.74, 6) is 2.71. The van der Waals surface area contributed by atoms with E-state index in [-0.39, 0.29) is 0 Å². The molecule has 1 aliphatic rings. The van der Waals surface area contributed by atoms with E-state index in [2.05, 4.69) is 74.5 Å². The maximum atomic E-state index is 2.27. The molecule has 218 valence electrons. The Kier molecular flexibility index (Phi) is 58.9. The highest BCUT2D eigenvalue weighted by Gasteiger charge is 1.90. The van der Waals surface area contributed by atoms with E-state index in [1.165, 1.54) is 77.0 Å². The van der Waals surface area contributed by atoms with Gasteiger partial charge in [-0.15, -0.1) is 0 Å². The normalized spacial score (nSPS) is 10.6. The van der Waals surface area contributed by atoms with Crippen LogP contribution in [0.1, 0.15) is 167 Å². The molecule has 1 aromatic carbocycles. The van der Waals surface area contributed by atoms with Crippen LogP contribution in [0.5, 0.6) is 0 Å². The van der Waals surface area contributed by atoms with Gasteiger partial charge in [0.25, 0.3) is 0 Å². The van der Waals surface area contributed by atoms with Gasteiger partial charge in [-0.25, -0.2) is 0 Å². The first-order valence-electron chi connectivity index (χ1n) is 16.0. The number of unbranched alkanes of at least 4 members (excludes halogenated alkanes) is 3. The molecule has 0 heteroatoms. The van der Waals surface area contributed by atoms with Crippen LogP contribution < -0.4 is 0 Å². The molecular weight excluding hydrogens is 432 g/mol. The molecule has 0 nitrogen and oxygen atoms in total. The fraction of sp³-hybridized carbons (Fsp3) is 0.778. The summed E-state index contributed by atoms with van der Waals surface area (Å²) in [5.41, 5.74) is 0. The molecule has 0 fully saturated rings. The van der Waals surface area contributed by atoms with Gasteiger partial charge in [-0.3, -0.25) is 0 Å². The van der Waals surface area contributed by atoms with E-state index in [0.717, 1.165) is 17.8 Å². The molecule has 0 aromatic heterocycles. The standard InChI is InChI=1S/3C7H16.C6H6.C5H8.2C2H6/c3*1-4-5-6-7(2)3;1-2-4-6-5-3-1;1-2-4-5-3-1;2*1-2/h3*7H,4-6H2,1-3H3;1-6H;1-2H,3-5H2;2*1-2H3. The number of hydrogen-bond acceptors (Lipinski definition) is 0. The van der Waals surface area contributed by atoms with Gasteiger partial charge in [-0.2, -0.15) is 0 Å². The second-order valence-corrected chi connectivity index (χ2v) is 10.2. The second kappa shape index (κ2) is 47.2. The van der Waals surface area contributed by atoms with Crippen molar-refractivity contribution in [1.82, 2.24) is 0 Å². The first-order chi connectivity index (χ1) is 17.3. The molecule has 2 rings (SSSR count). The second-order valence-electron chi connectivity index (χ2n) is 10.2. The minimum Gasteiger partial charge on any atom is -0.0885 e. The average Bonchev–Trinajstić information content (AvgIpc) is 3.50. The summed E-state index contributed by atoms with van der Waals surface area (Å²) < 4.78 is 0. The van der Waals surface area contributed by atoms with Gasteiger partial charge in [0.15, 0.2) is 0 Å². The monoisotopic (exact) mass is 507 g/mol. The molecule has 1 aliphatic carbocycles. The first kappa shape index (κ1) is 44.9. The Morgan fingerprint density at radius 1 is 0.444 bits per heavy atom. The van der Waals surface area contributed by atoms with Crippen molar-refractivity contribution in [2.75, 3.05) is 0 Å². The van der Waals surface area contributed by atoms with Crippen LogP contribution in [0.4, 0.5) is 0 Å². The zero-order chi connectivity index (χ0) is 28.9. The summed E-state index contributed by atoms with van der Waals surface area (Å²) in [7, 11) is 0. The van der Waals surface area contributed by atoms with Gasteiger partial charge in [-0.05, 0) is 37.0 Å². The Morgan fingerprint density at radius 2 is 0.667 bits per heavy atom. The Morgan fingerprint density at radius 3 is 0.750 bits per heavy atom. The lowest BCUT2D eigenvalue weighted by Gasteiger charge is -1.98. The topological polar surface area (TPSA) is 0 Å². The zero-order valence-corrected chi connectivity index (χ0v) is 27.8. The highest BCUT2D eigenvalue weighted by molar-refractivity contribution is 4.99. The fourth-order valence-electron chi connectivity index (χ4n) is 2.81. The first-order valence-corrected chi connectivity index (χ1v) is 16.0. The van der Waals surface area contributed by atoms with E-state index in [1.807, 2.05) is 64.1 Å². The van der Waals surface area contributed by atoms with Gasteiger partial charge >= 0.3 is 0 Å². The zero-order valence-electron chi connectivity index (χ0n) is 27.8. The van der Waals surface area contributed by atoms with Crippen LogP contribution in [0.25, 0.3) is 0 Å². The van der Waals surface area contributed by atoms with Crippen LogP contribution in [-0.2, 0) is 0 Å². The lowest BCUT2D eigenvalue weighted by atomic mass is 10.1. The SMILES string of the molecule is C1=CCCC1.CC.CC.CCCCC(C)C.CCCCC(C)C.CCCCC(C)C.c1ccccc1. The molecule has 0 bridgehead atoms. The Hall–Kier alpha value is -1.04. The number of hydrogen-bond donors (Lipinski definition) is 0. The van der Waals surface area contributed by atoms with Gasteiger partial charge < -0.3 is 0 Å². The van der Waals surface area contributed by atoms with Crippen molar-refractivity contribution < 1.29 is 0 Å². The number of allylic oxidation sites excluding steroid dienone is 2. The predicted molar refractivity (Wildman–Crippen MR) is 175 cm³/mol. The van der Waals surface area contributed by atoms with Crippen LogP contribution in [0.15, 0.2) is 48.6 Å². The van der Waals surface area contributed by atoms with Crippen LogP contribution >= 0.6 is 0 Å². The van der Waals surface area contributed by atoms with Gasteiger partial charge in [0.05, 0.1) is 0 Å². The van der Waals surface area contributed by atoms with E-state index in [4.69, 9.17) is 0 Å². The summed E-state index contributed by atoms with van der Waals surface area (Å²) >= 11 is 0. The van der Waals surface area contributed by atoms with E-state index < -0.39 is 0 Å². The largest absolute Gasteiger partial charge is 0.0885 e. The fourth-order valence-corrected chi connectivity index (χ4v) is 2.81. The van der Waals surface area contributed by atoms with Gasteiger partial charge in [-0.1, -0.05) is 196 Å². The highest BCUT2D eigenvalue weighted by Crippen LogP contribution is 2.06. The van der Waals surface area contributed by atoms with Crippen molar-refractivity contribution in [3.63, 3.8) is 0 Å². The summed E-state index contributed by atoms with van der Waals surface area (Å²) in [6.07, 6.45) is 20.9. The van der Waals surface area contributed by atoms with Crippen molar-refractivity contribution in [1.29, 1.82) is 0 Å². The highest BCUT2D eigenvalue weighted by atomic mass is 14.0. The van der Waals surface area contributed by atoms with Crippen molar-refractivity contribution >= 4 is 0 Å². The Labute approximate surface area is 233 Å². The smallest absolute Gasteiger partial charge is 0.0348 e. The summed E-state index contributed by atoms with van der Waals surface area (Å²) in [4.78, 5) is 0. The molecule has 0 spiro atoms. The number of benzene rings is 1. The molecule has 0 unspecified atom stereocenters. The minimum atomic E-state index is 0.903. The van der Waals surface area contributed by atoms with Gasteiger partial charge in [0.1, 0.15) is 0 Å². The quantitative estimate of drug-likeness (QED) is 0.292. The lowest BCUT2D eigenvalue weighted by Crippen LogP contribution is -1.83. The van der Waals surface area contributed by atoms with E-state index in [9.17, 15) is 0 Å². The predicted octanol–water partition coefficient (Wildman–Crippen LogP) is 14.0. The van der Waals surface area contributed by atoms with Crippen LogP contribution in [-0.4, -0.2) is 0 Å². The molecule has 0 saturated carbocycles. The Bertz CT molecular complexity index is 352. The summed E-state index contributed by atoms with van der Waals surface area (Å²) in [5, 5.41) is 0. The molecule has 0 radical (unpaired) electrons. The molecule has 0 aliphatic heterocycles. The summed E-state index contributed by atoms with van der Waals surface area (Å²) in [6.45, 7) is 28.4. The maximum absolute atomic E-state index is 2.27. The summed E-state index contributed by atoms with van der Waals surface area (Å²) in [6, 6.07) is 12.0. The Balaban J connectivity index is -0.000000108. The van der Waals surface area contributed by atoms with Crippen LogP contribution in [0.2, 0.25) is 0 Å². The van der Waals surface area contributed by atoms with Gasteiger partial charge in [0.2, 0.25) is 0 Å². The third kappa shape index (κ3) is 69.8. The molecule has 0 heterocycles.